The Morgan fingerprint density at radius 3 is 2.72 bits per heavy atom. The maximum atomic E-state index is 12.9. The maximum Gasteiger partial charge on any atom is 0.350 e. The zero-order chi connectivity index (χ0) is 20.0. The molecule has 2 aromatic heterocycles. The topological polar surface area (TPSA) is 74.5 Å². The van der Waals surface area contributed by atoms with Crippen LogP contribution in [0.15, 0.2) is 66.0 Å². The minimum atomic E-state index is -0.496. The number of pyridine rings is 1. The molecule has 0 radical (unpaired) electrons. The van der Waals surface area contributed by atoms with Crippen LogP contribution in [0.5, 0.6) is 0 Å². The number of hydrogen-bond donors (Lipinski definition) is 0. The molecule has 29 heavy (non-hydrogen) atoms. The number of carbonyl (C=O) groups is 3. The van der Waals surface area contributed by atoms with Gasteiger partial charge >= 0.3 is 6.03 Å². The lowest BCUT2D eigenvalue weighted by Crippen LogP contribution is -2.54. The van der Waals surface area contributed by atoms with Crippen LogP contribution >= 0.6 is 0 Å². The van der Waals surface area contributed by atoms with Gasteiger partial charge in [0.25, 0.3) is 5.91 Å². The highest BCUT2D eigenvalue weighted by molar-refractivity contribution is 6.21. The van der Waals surface area contributed by atoms with Crippen LogP contribution in [-0.4, -0.2) is 56.9 Å². The molecule has 0 spiro atoms. The Morgan fingerprint density at radius 2 is 1.93 bits per heavy atom. The summed E-state index contributed by atoms with van der Waals surface area (Å²) in [5.41, 5.74) is 2.12. The van der Waals surface area contributed by atoms with Gasteiger partial charge in [0.05, 0.1) is 17.2 Å². The number of nitrogens with zero attached hydrogens (tertiary/aromatic N) is 4. The van der Waals surface area contributed by atoms with Crippen molar-refractivity contribution in [2.24, 2.45) is 10.9 Å². The molecule has 2 aromatic rings. The quantitative estimate of drug-likeness (QED) is 0.794. The second kappa shape index (κ2) is 6.84. The number of hydrogen-bond acceptors (Lipinski definition) is 3. The fourth-order valence-corrected chi connectivity index (χ4v) is 4.27. The van der Waals surface area contributed by atoms with E-state index in [0.717, 1.165) is 5.52 Å². The second-order valence-corrected chi connectivity index (χ2v) is 7.53. The number of imide groups is 1. The molecule has 146 valence electrons. The van der Waals surface area contributed by atoms with E-state index in [9.17, 15) is 14.4 Å². The Morgan fingerprint density at radius 1 is 1.10 bits per heavy atom. The molecule has 0 N–H and O–H groups in total. The summed E-state index contributed by atoms with van der Waals surface area (Å²) in [5.74, 6) is -0.723. The summed E-state index contributed by atoms with van der Waals surface area (Å²) in [4.78, 5) is 45.4. The lowest BCUT2D eigenvalue weighted by atomic mass is 9.93. The molecular weight excluding hydrogens is 368 g/mol. The van der Waals surface area contributed by atoms with Gasteiger partial charge < -0.3 is 9.30 Å². The zero-order valence-corrected chi connectivity index (χ0v) is 15.8. The van der Waals surface area contributed by atoms with Crippen LogP contribution in [0.2, 0.25) is 0 Å². The predicted molar refractivity (Wildman–Crippen MR) is 108 cm³/mol. The van der Waals surface area contributed by atoms with Crippen LogP contribution in [0.1, 0.15) is 23.2 Å². The van der Waals surface area contributed by atoms with E-state index in [1.54, 1.807) is 29.2 Å². The number of aliphatic imine (C=N–C) groups is 1. The Labute approximate surface area is 167 Å². The SMILES string of the molecule is O=C(c1cc2ccccn2c1)N1CCC(N2C(=O)N=C3C=CC=CC3C2=O)CC1. The van der Waals surface area contributed by atoms with E-state index in [1.165, 1.54) is 4.90 Å². The molecule has 1 atom stereocenters. The third-order valence-corrected chi connectivity index (χ3v) is 5.80. The molecule has 3 aliphatic rings. The van der Waals surface area contributed by atoms with Gasteiger partial charge in [-0.2, -0.15) is 4.99 Å². The smallest absolute Gasteiger partial charge is 0.338 e. The van der Waals surface area contributed by atoms with Crippen molar-refractivity contribution < 1.29 is 14.4 Å². The molecule has 7 nitrogen and oxygen atoms in total. The minimum Gasteiger partial charge on any atom is -0.338 e. The predicted octanol–water partition coefficient (Wildman–Crippen LogP) is 2.69. The largest absolute Gasteiger partial charge is 0.350 e. The van der Waals surface area contributed by atoms with E-state index in [-0.39, 0.29) is 17.9 Å². The van der Waals surface area contributed by atoms with E-state index in [0.29, 0.717) is 37.2 Å². The van der Waals surface area contributed by atoms with Crippen LogP contribution in [0, 0.1) is 5.92 Å². The van der Waals surface area contributed by atoms with Crippen molar-refractivity contribution in [3.05, 3.63) is 66.5 Å². The third kappa shape index (κ3) is 2.99. The number of rotatable bonds is 2. The number of allylic oxidation sites excluding steroid dienone is 3. The van der Waals surface area contributed by atoms with Gasteiger partial charge in [-0.3, -0.25) is 14.5 Å². The maximum absolute atomic E-state index is 12.9. The highest BCUT2D eigenvalue weighted by Gasteiger charge is 2.41. The highest BCUT2D eigenvalue weighted by Crippen LogP contribution is 2.26. The van der Waals surface area contributed by atoms with Crippen molar-refractivity contribution in [2.75, 3.05) is 13.1 Å². The summed E-state index contributed by atoms with van der Waals surface area (Å²) >= 11 is 0. The lowest BCUT2D eigenvalue weighted by Gasteiger charge is -2.39. The molecular formula is C22H20N4O3. The Kier molecular flexibility index (Phi) is 4.16. The molecule has 7 heteroatoms. The average Bonchev–Trinajstić information content (AvgIpc) is 3.18. The molecule has 1 aliphatic carbocycles. The summed E-state index contributed by atoms with van der Waals surface area (Å²) in [6, 6.07) is 6.98. The summed E-state index contributed by atoms with van der Waals surface area (Å²) < 4.78 is 1.92. The van der Waals surface area contributed by atoms with Gasteiger partial charge in [0.2, 0.25) is 5.91 Å². The van der Waals surface area contributed by atoms with Crippen LogP contribution in [0.25, 0.3) is 5.52 Å². The number of fused-ring (bicyclic) bond motifs is 2. The molecule has 0 bridgehead atoms. The number of aromatic nitrogens is 1. The molecule has 1 fully saturated rings. The first kappa shape index (κ1) is 17.6. The molecule has 5 rings (SSSR count). The Bertz CT molecular complexity index is 1070. The van der Waals surface area contributed by atoms with E-state index in [4.69, 9.17) is 0 Å². The summed E-state index contributed by atoms with van der Waals surface area (Å²) in [6.45, 7) is 1.01. The first-order valence-electron chi connectivity index (χ1n) is 9.78. The van der Waals surface area contributed by atoms with Crippen molar-refractivity contribution >= 4 is 29.1 Å². The molecule has 0 aromatic carbocycles. The van der Waals surface area contributed by atoms with Gasteiger partial charge in [-0.15, -0.1) is 0 Å². The van der Waals surface area contributed by atoms with Crippen molar-refractivity contribution in [1.29, 1.82) is 0 Å². The van der Waals surface area contributed by atoms with Gasteiger partial charge in [-0.1, -0.05) is 24.3 Å². The number of amides is 4. The van der Waals surface area contributed by atoms with Gasteiger partial charge in [-0.25, -0.2) is 4.79 Å². The fourth-order valence-electron chi connectivity index (χ4n) is 4.27. The number of carbonyl (C=O) groups excluding carboxylic acids is 3. The molecule has 1 saturated heterocycles. The van der Waals surface area contributed by atoms with Crippen LogP contribution < -0.4 is 0 Å². The third-order valence-electron chi connectivity index (χ3n) is 5.80. The normalized spacial score (nSPS) is 22.2. The molecule has 2 aliphatic heterocycles. The zero-order valence-electron chi connectivity index (χ0n) is 15.8. The Balaban J connectivity index is 1.29. The molecule has 1 unspecified atom stereocenters. The van der Waals surface area contributed by atoms with Gasteiger partial charge in [0, 0.05) is 37.0 Å². The number of piperidine rings is 1. The number of urea groups is 1. The van der Waals surface area contributed by atoms with Crippen LogP contribution in [0.3, 0.4) is 0 Å². The standard InChI is InChI=1S/C22H20N4O3/c27-20(15-13-17-5-3-4-10-25(17)14-15)24-11-8-16(9-12-24)26-21(28)18-6-1-2-7-19(18)23-22(26)29/h1-7,10,13-14,16,18H,8-9,11-12H2. The van der Waals surface area contributed by atoms with Crippen LogP contribution in [0.4, 0.5) is 4.79 Å². The summed E-state index contributed by atoms with van der Waals surface area (Å²) in [7, 11) is 0. The average molecular weight is 388 g/mol. The van der Waals surface area contributed by atoms with Crippen molar-refractivity contribution in [3.63, 3.8) is 0 Å². The van der Waals surface area contributed by atoms with Crippen LogP contribution in [-0.2, 0) is 4.79 Å². The second-order valence-electron chi connectivity index (χ2n) is 7.53. The first-order chi connectivity index (χ1) is 14.1. The summed E-state index contributed by atoms with van der Waals surface area (Å²) in [6.07, 6.45) is 11.9. The van der Waals surface area contributed by atoms with E-state index < -0.39 is 11.9 Å². The van der Waals surface area contributed by atoms with E-state index >= 15 is 0 Å². The van der Waals surface area contributed by atoms with Crippen molar-refractivity contribution in [3.8, 4) is 0 Å². The van der Waals surface area contributed by atoms with E-state index in [2.05, 4.69) is 4.99 Å². The van der Waals surface area contributed by atoms with Gasteiger partial charge in [-0.05, 0) is 37.1 Å². The minimum absolute atomic E-state index is 0.0240. The lowest BCUT2D eigenvalue weighted by molar-refractivity contribution is -0.131. The fraction of sp³-hybridized carbons (Fsp3) is 0.273. The van der Waals surface area contributed by atoms with Crippen molar-refractivity contribution in [1.82, 2.24) is 14.2 Å². The monoisotopic (exact) mass is 388 g/mol. The van der Waals surface area contributed by atoms with E-state index in [1.807, 2.05) is 41.1 Å². The first-order valence-corrected chi connectivity index (χ1v) is 9.78. The molecule has 4 heterocycles. The van der Waals surface area contributed by atoms with Gasteiger partial charge in [0.15, 0.2) is 0 Å². The van der Waals surface area contributed by atoms with Gasteiger partial charge in [0.1, 0.15) is 0 Å². The Hall–Kier alpha value is -3.48. The number of likely N-dealkylation sites (tertiary alicyclic amines) is 1. The summed E-state index contributed by atoms with van der Waals surface area (Å²) in [5, 5.41) is 0. The molecule has 4 amide bonds. The highest BCUT2D eigenvalue weighted by atomic mass is 16.2. The van der Waals surface area contributed by atoms with Crippen molar-refractivity contribution in [2.45, 2.75) is 18.9 Å². The molecule has 0 saturated carbocycles.